The van der Waals surface area contributed by atoms with Crippen LogP contribution in [-0.4, -0.2) is 20.2 Å². The van der Waals surface area contributed by atoms with E-state index in [-0.39, 0.29) is 0 Å². The van der Waals surface area contributed by atoms with Gasteiger partial charge < -0.3 is 10.1 Å². The highest BCUT2D eigenvalue weighted by Gasteiger charge is 2.11. The van der Waals surface area contributed by atoms with Crippen LogP contribution in [0.4, 0.5) is 0 Å². The van der Waals surface area contributed by atoms with Crippen molar-refractivity contribution in [3.63, 3.8) is 0 Å². The van der Waals surface area contributed by atoms with E-state index in [0.29, 0.717) is 11.8 Å². The first kappa shape index (κ1) is 16.5. The minimum Gasteiger partial charge on any atom is -0.496 e. The van der Waals surface area contributed by atoms with E-state index < -0.39 is 0 Å². The summed E-state index contributed by atoms with van der Waals surface area (Å²) >= 11 is 3.54. The summed E-state index contributed by atoms with van der Waals surface area (Å²) in [6.07, 6.45) is 2.24. The van der Waals surface area contributed by atoms with Crippen LogP contribution in [0.15, 0.2) is 22.7 Å². The monoisotopic (exact) mass is 327 g/mol. The smallest absolute Gasteiger partial charge is 0.122 e. The zero-order chi connectivity index (χ0) is 14.3. The average Bonchev–Trinajstić information content (AvgIpc) is 2.37. The molecule has 0 heterocycles. The van der Waals surface area contributed by atoms with Gasteiger partial charge in [0.1, 0.15) is 5.75 Å². The Labute approximate surface area is 126 Å². The van der Waals surface area contributed by atoms with Gasteiger partial charge in [0.05, 0.1) is 7.11 Å². The van der Waals surface area contributed by atoms with Crippen molar-refractivity contribution in [3.8, 4) is 5.75 Å². The summed E-state index contributed by atoms with van der Waals surface area (Å²) in [5.74, 6) is 2.35. The van der Waals surface area contributed by atoms with Crippen molar-refractivity contribution in [1.82, 2.24) is 5.32 Å². The van der Waals surface area contributed by atoms with E-state index in [9.17, 15) is 0 Å². The molecular weight excluding hydrogens is 302 g/mol. The maximum atomic E-state index is 5.45. The second-order valence-corrected chi connectivity index (χ2v) is 6.40. The molecule has 0 bridgehead atoms. The molecule has 0 aliphatic carbocycles. The van der Waals surface area contributed by atoms with Gasteiger partial charge in [0.2, 0.25) is 0 Å². The largest absolute Gasteiger partial charge is 0.496 e. The molecule has 19 heavy (non-hydrogen) atoms. The minimum absolute atomic E-state index is 0.655. The van der Waals surface area contributed by atoms with Crippen molar-refractivity contribution < 1.29 is 4.74 Å². The number of methoxy groups -OCH3 is 1. The second-order valence-electron chi connectivity index (χ2n) is 5.49. The number of nitrogens with one attached hydrogen (secondary N) is 1. The fourth-order valence-corrected chi connectivity index (χ4v) is 2.56. The number of rotatable bonds is 8. The molecule has 1 rings (SSSR count). The Morgan fingerprint density at radius 1 is 1.26 bits per heavy atom. The van der Waals surface area contributed by atoms with Crippen LogP contribution in [0.2, 0.25) is 0 Å². The van der Waals surface area contributed by atoms with E-state index in [0.717, 1.165) is 29.7 Å². The molecule has 0 aliphatic rings. The molecule has 1 aromatic rings. The zero-order valence-corrected chi connectivity index (χ0v) is 14.1. The molecule has 0 aliphatic heterocycles. The van der Waals surface area contributed by atoms with Crippen LogP contribution in [0, 0.1) is 11.8 Å². The second kappa shape index (κ2) is 8.60. The Kier molecular flexibility index (Phi) is 7.47. The first-order valence-corrected chi connectivity index (χ1v) is 7.89. The molecular formula is C16H26BrNO. The number of halogens is 1. The Balaban J connectivity index is 2.61. The third-order valence-electron chi connectivity index (χ3n) is 3.31. The van der Waals surface area contributed by atoms with Crippen molar-refractivity contribution >= 4 is 15.9 Å². The van der Waals surface area contributed by atoms with Gasteiger partial charge in [0.15, 0.2) is 0 Å². The van der Waals surface area contributed by atoms with Crippen molar-refractivity contribution in [2.24, 2.45) is 11.8 Å². The van der Waals surface area contributed by atoms with Gasteiger partial charge in [-0.25, -0.2) is 0 Å². The molecule has 108 valence electrons. The lowest BCUT2D eigenvalue weighted by Gasteiger charge is -2.18. The summed E-state index contributed by atoms with van der Waals surface area (Å²) in [5.41, 5.74) is 1.29. The first-order valence-electron chi connectivity index (χ1n) is 7.09. The van der Waals surface area contributed by atoms with E-state index in [2.05, 4.69) is 48.1 Å². The molecule has 0 spiro atoms. The van der Waals surface area contributed by atoms with Crippen LogP contribution in [0.5, 0.6) is 5.75 Å². The molecule has 0 fully saturated rings. The first-order chi connectivity index (χ1) is 9.06. The lowest BCUT2D eigenvalue weighted by molar-refractivity contribution is 0.395. The number of hydrogen-bond donors (Lipinski definition) is 1. The van der Waals surface area contributed by atoms with Gasteiger partial charge in [-0.3, -0.25) is 0 Å². The fourth-order valence-electron chi connectivity index (χ4n) is 2.15. The van der Waals surface area contributed by atoms with Crippen LogP contribution in [-0.2, 0) is 6.42 Å². The molecule has 0 saturated heterocycles. The summed E-state index contributed by atoms with van der Waals surface area (Å²) < 4.78 is 6.57. The van der Waals surface area contributed by atoms with Crippen molar-refractivity contribution in [2.45, 2.75) is 33.6 Å². The molecule has 0 radical (unpaired) electrons. The van der Waals surface area contributed by atoms with Gasteiger partial charge in [-0.1, -0.05) is 43.1 Å². The van der Waals surface area contributed by atoms with Gasteiger partial charge in [0, 0.05) is 4.47 Å². The van der Waals surface area contributed by atoms with E-state index in [4.69, 9.17) is 4.74 Å². The molecule has 1 unspecified atom stereocenters. The predicted molar refractivity (Wildman–Crippen MR) is 85.9 cm³/mol. The zero-order valence-electron chi connectivity index (χ0n) is 12.5. The SMILES string of the molecule is CCC(CNCC(C)C)Cc1cc(Br)ccc1OC. The molecule has 3 heteroatoms. The van der Waals surface area contributed by atoms with Crippen molar-refractivity contribution in [2.75, 3.05) is 20.2 Å². The van der Waals surface area contributed by atoms with E-state index in [1.165, 1.54) is 12.0 Å². The van der Waals surface area contributed by atoms with E-state index in [1.54, 1.807) is 7.11 Å². The molecule has 2 nitrogen and oxygen atoms in total. The third kappa shape index (κ3) is 5.96. The Morgan fingerprint density at radius 3 is 2.58 bits per heavy atom. The highest BCUT2D eigenvalue weighted by molar-refractivity contribution is 9.10. The van der Waals surface area contributed by atoms with Crippen LogP contribution in [0.3, 0.4) is 0 Å². The van der Waals surface area contributed by atoms with Gasteiger partial charge in [-0.2, -0.15) is 0 Å². The molecule has 0 aromatic heterocycles. The van der Waals surface area contributed by atoms with Gasteiger partial charge >= 0.3 is 0 Å². The molecule has 1 aromatic carbocycles. The highest BCUT2D eigenvalue weighted by atomic mass is 79.9. The maximum Gasteiger partial charge on any atom is 0.122 e. The summed E-state index contributed by atoms with van der Waals surface area (Å²) in [6, 6.07) is 6.23. The lowest BCUT2D eigenvalue weighted by Crippen LogP contribution is -2.27. The summed E-state index contributed by atoms with van der Waals surface area (Å²) in [4.78, 5) is 0. The highest BCUT2D eigenvalue weighted by Crippen LogP contribution is 2.26. The topological polar surface area (TPSA) is 21.3 Å². The Bertz CT molecular complexity index is 379. The van der Waals surface area contributed by atoms with Crippen LogP contribution < -0.4 is 10.1 Å². The van der Waals surface area contributed by atoms with Crippen LogP contribution in [0.25, 0.3) is 0 Å². The Morgan fingerprint density at radius 2 is 2.00 bits per heavy atom. The molecule has 1 N–H and O–H groups in total. The van der Waals surface area contributed by atoms with Crippen LogP contribution in [0.1, 0.15) is 32.8 Å². The van der Waals surface area contributed by atoms with E-state index in [1.807, 2.05) is 12.1 Å². The summed E-state index contributed by atoms with van der Waals surface area (Å²) in [5, 5.41) is 3.56. The van der Waals surface area contributed by atoms with Gasteiger partial charge in [-0.05, 0) is 55.1 Å². The quantitative estimate of drug-likeness (QED) is 0.769. The predicted octanol–water partition coefficient (Wildman–Crippen LogP) is 4.27. The number of hydrogen-bond acceptors (Lipinski definition) is 2. The van der Waals surface area contributed by atoms with Crippen LogP contribution >= 0.6 is 15.9 Å². The third-order valence-corrected chi connectivity index (χ3v) is 3.81. The van der Waals surface area contributed by atoms with Crippen molar-refractivity contribution in [1.29, 1.82) is 0 Å². The van der Waals surface area contributed by atoms with Gasteiger partial charge in [0.25, 0.3) is 0 Å². The minimum atomic E-state index is 0.655. The average molecular weight is 328 g/mol. The van der Waals surface area contributed by atoms with Crippen molar-refractivity contribution in [3.05, 3.63) is 28.2 Å². The summed E-state index contributed by atoms with van der Waals surface area (Å²) in [6.45, 7) is 8.90. The van der Waals surface area contributed by atoms with Gasteiger partial charge in [-0.15, -0.1) is 0 Å². The summed E-state index contributed by atoms with van der Waals surface area (Å²) in [7, 11) is 1.74. The number of ether oxygens (including phenoxy) is 1. The Hall–Kier alpha value is -0.540. The lowest BCUT2D eigenvalue weighted by atomic mass is 9.96. The van der Waals surface area contributed by atoms with E-state index >= 15 is 0 Å². The molecule has 1 atom stereocenters. The molecule has 0 saturated carbocycles. The normalized spacial score (nSPS) is 12.7. The number of benzene rings is 1. The molecule has 0 amide bonds. The maximum absolute atomic E-state index is 5.45. The fraction of sp³-hybridized carbons (Fsp3) is 0.625. The standard InChI is InChI=1S/C16H26BrNO/c1-5-13(11-18-10-12(2)3)8-14-9-15(17)6-7-16(14)19-4/h6-7,9,12-13,18H,5,8,10-11H2,1-4H3.